The SMILES string of the molecule is CCN(CC)O[Se]c1ccccc1. The molecule has 0 aromatic heterocycles. The Hall–Kier alpha value is -0.341. The Morgan fingerprint density at radius 2 is 1.77 bits per heavy atom. The Morgan fingerprint density at radius 1 is 1.15 bits per heavy atom. The van der Waals surface area contributed by atoms with Crippen LogP contribution in [0, 0.1) is 0 Å². The van der Waals surface area contributed by atoms with Crippen molar-refractivity contribution < 1.29 is 3.92 Å². The van der Waals surface area contributed by atoms with Crippen LogP contribution in [0.3, 0.4) is 0 Å². The molecular weight excluding hydrogens is 229 g/mol. The summed E-state index contributed by atoms with van der Waals surface area (Å²) in [4.78, 5) is 0. The molecule has 0 atom stereocenters. The van der Waals surface area contributed by atoms with E-state index in [2.05, 4.69) is 26.0 Å². The molecule has 0 aliphatic rings. The summed E-state index contributed by atoms with van der Waals surface area (Å²) in [6.07, 6.45) is 0. The van der Waals surface area contributed by atoms with Crippen molar-refractivity contribution in [1.82, 2.24) is 5.06 Å². The molecule has 0 bridgehead atoms. The van der Waals surface area contributed by atoms with Gasteiger partial charge in [0.2, 0.25) is 0 Å². The third-order valence-corrected chi connectivity index (χ3v) is 3.26. The van der Waals surface area contributed by atoms with Crippen molar-refractivity contribution in [2.45, 2.75) is 13.8 Å². The van der Waals surface area contributed by atoms with E-state index in [0.717, 1.165) is 13.1 Å². The summed E-state index contributed by atoms with van der Waals surface area (Å²) in [6.45, 7) is 6.10. The van der Waals surface area contributed by atoms with Crippen LogP contribution < -0.4 is 4.46 Å². The predicted octanol–water partition coefficient (Wildman–Crippen LogP) is 1.20. The summed E-state index contributed by atoms with van der Waals surface area (Å²) < 4.78 is 6.90. The van der Waals surface area contributed by atoms with Gasteiger partial charge in [-0.15, -0.1) is 0 Å². The van der Waals surface area contributed by atoms with Gasteiger partial charge in [0.15, 0.2) is 0 Å². The fourth-order valence-electron chi connectivity index (χ4n) is 0.901. The molecule has 0 saturated heterocycles. The standard InChI is InChI=1S/C10H15NOSe/c1-3-11(4-2)12-13-10-8-6-5-7-9-10/h5-9H,3-4H2,1-2H3. The van der Waals surface area contributed by atoms with E-state index in [9.17, 15) is 0 Å². The first-order chi connectivity index (χ1) is 6.36. The van der Waals surface area contributed by atoms with Crippen LogP contribution in [0.2, 0.25) is 0 Å². The first-order valence-electron chi connectivity index (χ1n) is 4.51. The third-order valence-electron chi connectivity index (χ3n) is 1.69. The van der Waals surface area contributed by atoms with E-state index in [4.69, 9.17) is 3.92 Å². The zero-order valence-corrected chi connectivity index (χ0v) is 9.78. The third kappa shape index (κ3) is 3.92. The Kier molecular flexibility index (Phi) is 5.09. The molecule has 0 fully saturated rings. The second-order valence-electron chi connectivity index (χ2n) is 2.59. The maximum atomic E-state index is 5.62. The van der Waals surface area contributed by atoms with Gasteiger partial charge >= 0.3 is 86.0 Å². The van der Waals surface area contributed by atoms with Gasteiger partial charge in [-0.3, -0.25) is 0 Å². The van der Waals surface area contributed by atoms with Crippen molar-refractivity contribution in [3.63, 3.8) is 0 Å². The van der Waals surface area contributed by atoms with Crippen molar-refractivity contribution in [1.29, 1.82) is 0 Å². The van der Waals surface area contributed by atoms with E-state index in [1.807, 2.05) is 23.3 Å². The molecular formula is C10H15NOSe. The van der Waals surface area contributed by atoms with Crippen molar-refractivity contribution in [2.75, 3.05) is 13.1 Å². The summed E-state index contributed by atoms with van der Waals surface area (Å²) in [5.74, 6) is 0. The molecule has 72 valence electrons. The Balaban J connectivity index is 2.34. The molecule has 0 aliphatic heterocycles. The average Bonchev–Trinajstić information content (AvgIpc) is 2.21. The van der Waals surface area contributed by atoms with Crippen LogP contribution in [-0.2, 0) is 3.92 Å². The summed E-state index contributed by atoms with van der Waals surface area (Å²) >= 11 is 0.118. The molecule has 13 heavy (non-hydrogen) atoms. The summed E-state index contributed by atoms with van der Waals surface area (Å²) in [5, 5.41) is 1.98. The van der Waals surface area contributed by atoms with Crippen LogP contribution in [0.25, 0.3) is 0 Å². The van der Waals surface area contributed by atoms with Crippen molar-refractivity contribution in [3.8, 4) is 0 Å². The predicted molar refractivity (Wildman–Crippen MR) is 55.8 cm³/mol. The van der Waals surface area contributed by atoms with E-state index in [-0.39, 0.29) is 15.3 Å². The monoisotopic (exact) mass is 245 g/mol. The Bertz CT molecular complexity index is 224. The number of hydroxylamine groups is 2. The average molecular weight is 244 g/mol. The number of hydrogen-bond acceptors (Lipinski definition) is 2. The molecule has 0 saturated carbocycles. The molecule has 0 N–H and O–H groups in total. The van der Waals surface area contributed by atoms with Gasteiger partial charge in [0, 0.05) is 0 Å². The van der Waals surface area contributed by atoms with Crippen LogP contribution in [0.15, 0.2) is 30.3 Å². The quantitative estimate of drug-likeness (QED) is 0.570. The summed E-state index contributed by atoms with van der Waals surface area (Å²) in [6, 6.07) is 10.3. The van der Waals surface area contributed by atoms with Gasteiger partial charge in [-0.1, -0.05) is 0 Å². The molecule has 0 aliphatic carbocycles. The first kappa shape index (κ1) is 10.7. The normalized spacial score (nSPS) is 10.7. The van der Waals surface area contributed by atoms with E-state index in [1.54, 1.807) is 0 Å². The van der Waals surface area contributed by atoms with E-state index >= 15 is 0 Å². The minimum absolute atomic E-state index is 0.118. The van der Waals surface area contributed by atoms with E-state index in [1.165, 1.54) is 4.46 Å². The van der Waals surface area contributed by atoms with Gasteiger partial charge in [0.05, 0.1) is 0 Å². The van der Waals surface area contributed by atoms with Crippen LogP contribution in [0.5, 0.6) is 0 Å². The van der Waals surface area contributed by atoms with Crippen molar-refractivity contribution >= 4 is 19.7 Å². The number of rotatable bonds is 5. The van der Waals surface area contributed by atoms with Gasteiger partial charge in [-0.25, -0.2) is 0 Å². The maximum absolute atomic E-state index is 5.62. The van der Waals surface area contributed by atoms with Gasteiger partial charge in [-0.2, -0.15) is 0 Å². The molecule has 0 unspecified atom stereocenters. The molecule has 0 radical (unpaired) electrons. The van der Waals surface area contributed by atoms with Crippen LogP contribution in [-0.4, -0.2) is 33.4 Å². The van der Waals surface area contributed by atoms with Gasteiger partial charge in [0.1, 0.15) is 0 Å². The van der Waals surface area contributed by atoms with Crippen molar-refractivity contribution in [3.05, 3.63) is 30.3 Å². The molecule has 1 aromatic carbocycles. The second-order valence-corrected chi connectivity index (χ2v) is 4.24. The molecule has 0 heterocycles. The topological polar surface area (TPSA) is 12.5 Å². The van der Waals surface area contributed by atoms with Gasteiger partial charge in [0.25, 0.3) is 0 Å². The zero-order valence-electron chi connectivity index (χ0n) is 8.06. The summed E-state index contributed by atoms with van der Waals surface area (Å²) in [7, 11) is 0. The molecule has 1 rings (SSSR count). The second kappa shape index (κ2) is 6.16. The van der Waals surface area contributed by atoms with Gasteiger partial charge in [-0.05, 0) is 0 Å². The van der Waals surface area contributed by atoms with Crippen molar-refractivity contribution in [2.24, 2.45) is 0 Å². The molecule has 1 aromatic rings. The number of hydrogen-bond donors (Lipinski definition) is 0. The Morgan fingerprint density at radius 3 is 2.31 bits per heavy atom. The van der Waals surface area contributed by atoms with Gasteiger partial charge < -0.3 is 0 Å². The minimum atomic E-state index is 0.118. The zero-order chi connectivity index (χ0) is 9.52. The van der Waals surface area contributed by atoms with Crippen LogP contribution in [0.4, 0.5) is 0 Å². The number of nitrogens with zero attached hydrogens (tertiary/aromatic N) is 1. The molecule has 2 nitrogen and oxygen atoms in total. The molecule has 3 heteroatoms. The first-order valence-corrected chi connectivity index (χ1v) is 6.07. The van der Waals surface area contributed by atoms with E-state index in [0.29, 0.717) is 0 Å². The fourth-order valence-corrected chi connectivity index (χ4v) is 2.31. The summed E-state index contributed by atoms with van der Waals surface area (Å²) in [5.41, 5.74) is 0. The Labute approximate surface area is 86.3 Å². The van der Waals surface area contributed by atoms with Crippen LogP contribution in [0.1, 0.15) is 13.8 Å². The van der Waals surface area contributed by atoms with E-state index < -0.39 is 0 Å². The molecule has 0 spiro atoms. The molecule has 0 amide bonds. The van der Waals surface area contributed by atoms with Crippen LogP contribution >= 0.6 is 0 Å². The fraction of sp³-hybridized carbons (Fsp3) is 0.400. The number of benzene rings is 1.